The zero-order chi connectivity index (χ0) is 16.9. The third kappa shape index (κ3) is 4.37. The zero-order valence-corrected chi connectivity index (χ0v) is 14.8. The van der Waals surface area contributed by atoms with Crippen molar-refractivity contribution in [2.45, 2.75) is 58.5 Å². The minimum absolute atomic E-state index is 0.0529. The van der Waals surface area contributed by atoms with E-state index in [0.29, 0.717) is 25.8 Å². The van der Waals surface area contributed by atoms with Crippen LogP contribution in [0.4, 0.5) is 0 Å². The molecule has 0 aromatic rings. The second kappa shape index (κ2) is 7.51. The number of aliphatic imine (C=N–C) groups is 1. The molecular formula is C17H32N4O2. The quantitative estimate of drug-likeness (QED) is 0.523. The number of piperidine rings is 1. The van der Waals surface area contributed by atoms with E-state index in [1.165, 1.54) is 0 Å². The van der Waals surface area contributed by atoms with E-state index in [1.807, 2.05) is 13.8 Å². The fourth-order valence-electron chi connectivity index (χ4n) is 3.55. The van der Waals surface area contributed by atoms with Gasteiger partial charge in [-0.3, -0.25) is 9.79 Å². The molecule has 1 unspecified atom stereocenters. The monoisotopic (exact) mass is 324 g/mol. The van der Waals surface area contributed by atoms with E-state index in [1.54, 1.807) is 0 Å². The molecule has 6 heteroatoms. The van der Waals surface area contributed by atoms with Crippen LogP contribution < -0.4 is 10.6 Å². The van der Waals surface area contributed by atoms with Crippen molar-refractivity contribution in [1.82, 2.24) is 15.5 Å². The molecule has 23 heavy (non-hydrogen) atoms. The highest BCUT2D eigenvalue weighted by atomic mass is 16.3. The van der Waals surface area contributed by atoms with E-state index in [4.69, 9.17) is 4.99 Å². The summed E-state index contributed by atoms with van der Waals surface area (Å²) in [4.78, 5) is 18.6. The molecule has 132 valence electrons. The molecule has 0 bridgehead atoms. The summed E-state index contributed by atoms with van der Waals surface area (Å²) in [5, 5.41) is 16.8. The lowest BCUT2D eigenvalue weighted by atomic mass is 9.79. The largest absolute Gasteiger partial charge is 0.388 e. The first-order chi connectivity index (χ1) is 11.0. The van der Waals surface area contributed by atoms with E-state index in [0.717, 1.165) is 45.0 Å². The zero-order valence-electron chi connectivity index (χ0n) is 14.8. The molecule has 0 aromatic heterocycles. The van der Waals surface area contributed by atoms with Gasteiger partial charge >= 0.3 is 0 Å². The standard InChI is InChI=1S/C17H32N4O2/c1-4-17(23,5-2)12-20-15(18-6-3)21-9-7-8-16(13-21)10-14(22)19-11-16/h23H,4-13H2,1-3H3,(H,18,20)(H,19,22). The third-order valence-corrected chi connectivity index (χ3v) is 5.33. The highest BCUT2D eigenvalue weighted by molar-refractivity contribution is 5.81. The highest BCUT2D eigenvalue weighted by Crippen LogP contribution is 2.36. The number of hydrogen-bond acceptors (Lipinski definition) is 3. The van der Waals surface area contributed by atoms with Gasteiger partial charge in [-0.05, 0) is 32.6 Å². The molecule has 2 rings (SSSR count). The molecule has 1 spiro atoms. The molecule has 1 amide bonds. The molecule has 3 N–H and O–H groups in total. The maximum atomic E-state index is 11.6. The number of nitrogens with one attached hydrogen (secondary N) is 2. The van der Waals surface area contributed by atoms with Gasteiger partial charge < -0.3 is 20.6 Å². The Morgan fingerprint density at radius 1 is 1.43 bits per heavy atom. The molecule has 0 radical (unpaired) electrons. The van der Waals surface area contributed by atoms with Crippen LogP contribution in [-0.2, 0) is 4.79 Å². The van der Waals surface area contributed by atoms with Crippen LogP contribution in [0.3, 0.4) is 0 Å². The first-order valence-electron chi connectivity index (χ1n) is 8.98. The van der Waals surface area contributed by atoms with Crippen molar-refractivity contribution in [3.63, 3.8) is 0 Å². The van der Waals surface area contributed by atoms with E-state index in [9.17, 15) is 9.90 Å². The third-order valence-electron chi connectivity index (χ3n) is 5.33. The smallest absolute Gasteiger partial charge is 0.220 e. The summed E-state index contributed by atoms with van der Waals surface area (Å²) in [6, 6.07) is 0. The first-order valence-corrected chi connectivity index (χ1v) is 8.98. The number of carbonyl (C=O) groups is 1. The Morgan fingerprint density at radius 3 is 2.74 bits per heavy atom. The van der Waals surface area contributed by atoms with Gasteiger partial charge in [-0.15, -0.1) is 0 Å². The van der Waals surface area contributed by atoms with Gasteiger partial charge in [0.05, 0.1) is 12.1 Å². The molecule has 2 aliphatic rings. The molecular weight excluding hydrogens is 292 g/mol. The van der Waals surface area contributed by atoms with E-state index >= 15 is 0 Å². The van der Waals surface area contributed by atoms with Crippen LogP contribution in [0.2, 0.25) is 0 Å². The number of amides is 1. The van der Waals surface area contributed by atoms with Crippen molar-refractivity contribution in [2.24, 2.45) is 10.4 Å². The van der Waals surface area contributed by atoms with Gasteiger partial charge in [0.15, 0.2) is 5.96 Å². The topological polar surface area (TPSA) is 77.0 Å². The van der Waals surface area contributed by atoms with Gasteiger partial charge in [0, 0.05) is 38.0 Å². The summed E-state index contributed by atoms with van der Waals surface area (Å²) in [6.07, 6.45) is 4.20. The SMILES string of the molecule is CCNC(=NCC(O)(CC)CC)N1CCCC2(CNC(=O)C2)C1. The average molecular weight is 324 g/mol. The van der Waals surface area contributed by atoms with E-state index in [2.05, 4.69) is 22.5 Å². The number of likely N-dealkylation sites (tertiary alicyclic amines) is 1. The van der Waals surface area contributed by atoms with Crippen LogP contribution in [0.5, 0.6) is 0 Å². The number of guanidine groups is 1. The van der Waals surface area contributed by atoms with Crippen LogP contribution in [0.25, 0.3) is 0 Å². The second-order valence-corrected chi connectivity index (χ2v) is 7.08. The number of nitrogens with zero attached hydrogens (tertiary/aromatic N) is 2. The number of rotatable bonds is 5. The Morgan fingerprint density at radius 2 is 2.17 bits per heavy atom. The van der Waals surface area contributed by atoms with Gasteiger partial charge in [-0.25, -0.2) is 0 Å². The van der Waals surface area contributed by atoms with Crippen LogP contribution in [0.15, 0.2) is 4.99 Å². The number of hydrogen-bond donors (Lipinski definition) is 3. The Balaban J connectivity index is 2.09. The molecule has 0 aliphatic carbocycles. The molecule has 2 fully saturated rings. The fraction of sp³-hybridized carbons (Fsp3) is 0.882. The van der Waals surface area contributed by atoms with Gasteiger partial charge in [0.1, 0.15) is 0 Å². The van der Waals surface area contributed by atoms with Crippen LogP contribution >= 0.6 is 0 Å². The normalized spacial score (nSPS) is 25.8. The Hall–Kier alpha value is -1.30. The molecule has 0 aromatic carbocycles. The Bertz CT molecular complexity index is 448. The van der Waals surface area contributed by atoms with Crippen molar-refractivity contribution in [3.8, 4) is 0 Å². The molecule has 2 saturated heterocycles. The van der Waals surface area contributed by atoms with Crippen LogP contribution in [-0.4, -0.2) is 60.2 Å². The lowest BCUT2D eigenvalue weighted by molar-refractivity contribution is -0.119. The molecule has 2 heterocycles. The van der Waals surface area contributed by atoms with Crippen molar-refractivity contribution < 1.29 is 9.90 Å². The summed E-state index contributed by atoms with van der Waals surface area (Å²) in [5.41, 5.74) is -0.670. The Kier molecular flexibility index (Phi) is 5.89. The average Bonchev–Trinajstić information content (AvgIpc) is 2.91. The molecule has 6 nitrogen and oxygen atoms in total. The van der Waals surface area contributed by atoms with Crippen molar-refractivity contribution in [3.05, 3.63) is 0 Å². The maximum Gasteiger partial charge on any atom is 0.220 e. The summed E-state index contributed by atoms with van der Waals surface area (Å²) in [5.74, 6) is 1.03. The van der Waals surface area contributed by atoms with Crippen molar-refractivity contribution in [1.29, 1.82) is 0 Å². The number of carbonyl (C=O) groups excluding carboxylic acids is 1. The predicted octanol–water partition coefficient (Wildman–Crippen LogP) is 1.11. The van der Waals surface area contributed by atoms with Gasteiger partial charge in [0.25, 0.3) is 0 Å². The van der Waals surface area contributed by atoms with E-state index in [-0.39, 0.29) is 11.3 Å². The predicted molar refractivity (Wildman–Crippen MR) is 92.4 cm³/mol. The summed E-state index contributed by atoms with van der Waals surface area (Å²) >= 11 is 0. The van der Waals surface area contributed by atoms with Crippen LogP contribution in [0.1, 0.15) is 52.9 Å². The fourth-order valence-corrected chi connectivity index (χ4v) is 3.55. The van der Waals surface area contributed by atoms with Crippen LogP contribution in [0, 0.1) is 5.41 Å². The summed E-state index contributed by atoms with van der Waals surface area (Å²) < 4.78 is 0. The first kappa shape index (κ1) is 18.0. The Labute approximate surface area is 139 Å². The molecule has 2 aliphatic heterocycles. The van der Waals surface area contributed by atoms with Gasteiger partial charge in [0.2, 0.25) is 5.91 Å². The van der Waals surface area contributed by atoms with Gasteiger partial charge in [-0.1, -0.05) is 13.8 Å². The minimum Gasteiger partial charge on any atom is -0.388 e. The highest BCUT2D eigenvalue weighted by Gasteiger charge is 2.42. The summed E-state index contributed by atoms with van der Waals surface area (Å²) in [7, 11) is 0. The van der Waals surface area contributed by atoms with Gasteiger partial charge in [-0.2, -0.15) is 0 Å². The van der Waals surface area contributed by atoms with Crippen molar-refractivity contribution >= 4 is 11.9 Å². The minimum atomic E-state index is -0.723. The number of aliphatic hydroxyl groups is 1. The lowest BCUT2D eigenvalue weighted by Gasteiger charge is -2.41. The maximum absolute atomic E-state index is 11.6. The summed E-state index contributed by atoms with van der Waals surface area (Å²) in [6.45, 7) is 9.86. The van der Waals surface area contributed by atoms with E-state index < -0.39 is 5.60 Å². The molecule has 0 saturated carbocycles. The lowest BCUT2D eigenvalue weighted by Crippen LogP contribution is -2.51. The van der Waals surface area contributed by atoms with Crippen molar-refractivity contribution in [2.75, 3.05) is 32.7 Å². The molecule has 1 atom stereocenters. The second-order valence-electron chi connectivity index (χ2n) is 7.08.